The van der Waals surface area contributed by atoms with Gasteiger partial charge in [-0.25, -0.2) is 14.6 Å². The van der Waals surface area contributed by atoms with Crippen molar-refractivity contribution in [3.63, 3.8) is 0 Å². The van der Waals surface area contributed by atoms with Gasteiger partial charge in [0.1, 0.15) is 22.9 Å². The molecular weight excluding hydrogens is 606 g/mol. The van der Waals surface area contributed by atoms with Gasteiger partial charge in [-0.3, -0.25) is 9.59 Å². The monoisotopic (exact) mass is 651 g/mol. The number of hydrogen-bond acceptors (Lipinski definition) is 9. The second-order valence-corrected chi connectivity index (χ2v) is 12.1. The number of amides is 3. The quantitative estimate of drug-likeness (QED) is 0.203. The van der Waals surface area contributed by atoms with Crippen LogP contribution >= 0.6 is 0 Å². The molecule has 0 saturated heterocycles. The molecule has 3 rings (SSSR count). The molecule has 0 radical (unpaired) electrons. The summed E-state index contributed by atoms with van der Waals surface area (Å²) in [4.78, 5) is 56.5. The fourth-order valence-corrected chi connectivity index (χ4v) is 4.33. The van der Waals surface area contributed by atoms with E-state index >= 15 is 0 Å². The van der Waals surface area contributed by atoms with E-state index in [1.807, 2.05) is 37.3 Å². The minimum absolute atomic E-state index is 0.128. The van der Waals surface area contributed by atoms with Crippen molar-refractivity contribution in [3.05, 3.63) is 78.2 Å². The van der Waals surface area contributed by atoms with Gasteiger partial charge in [0.15, 0.2) is 11.9 Å². The third-order valence-electron chi connectivity index (χ3n) is 6.57. The first-order chi connectivity index (χ1) is 22.2. The number of carbonyl (C=O) groups excluding carboxylic acids is 4. The number of carbonyl (C=O) groups is 4. The van der Waals surface area contributed by atoms with Crippen LogP contribution in [0.5, 0.6) is 5.75 Å². The highest BCUT2D eigenvalue weighted by molar-refractivity contribution is 5.98. The van der Waals surface area contributed by atoms with Crippen molar-refractivity contribution < 1.29 is 38.1 Å². The fourth-order valence-electron chi connectivity index (χ4n) is 4.33. The zero-order valence-corrected chi connectivity index (χ0v) is 28.0. The summed E-state index contributed by atoms with van der Waals surface area (Å²) in [6.07, 6.45) is 2.11. The number of imidazole rings is 1. The highest BCUT2D eigenvalue weighted by Gasteiger charge is 2.35. The molecule has 254 valence electrons. The number of ether oxygens (including phenoxy) is 4. The molecule has 2 unspecified atom stereocenters. The Bertz CT molecular complexity index is 1480. The molecule has 0 aliphatic heterocycles. The summed E-state index contributed by atoms with van der Waals surface area (Å²) >= 11 is 0. The topological polar surface area (TPSA) is 159 Å². The number of esters is 1. The minimum Gasteiger partial charge on any atom is -0.494 e. The van der Waals surface area contributed by atoms with Gasteiger partial charge in [0, 0.05) is 6.20 Å². The van der Waals surface area contributed by atoms with Crippen LogP contribution in [0.2, 0.25) is 0 Å². The van der Waals surface area contributed by atoms with Crippen LogP contribution in [0.4, 0.5) is 10.6 Å². The second-order valence-electron chi connectivity index (χ2n) is 12.1. The molecule has 3 amide bonds. The van der Waals surface area contributed by atoms with Crippen molar-refractivity contribution >= 4 is 29.7 Å². The van der Waals surface area contributed by atoms with E-state index in [4.69, 9.17) is 18.9 Å². The van der Waals surface area contributed by atoms with E-state index in [1.165, 1.54) is 30.9 Å². The lowest BCUT2D eigenvalue weighted by Gasteiger charge is -2.29. The fraction of sp³-hybridized carbons (Fsp3) is 0.441. The van der Waals surface area contributed by atoms with Crippen LogP contribution in [0.3, 0.4) is 0 Å². The molecule has 13 heteroatoms. The van der Waals surface area contributed by atoms with Crippen LogP contribution in [-0.2, 0) is 35.2 Å². The second kappa shape index (κ2) is 16.6. The Morgan fingerprint density at radius 2 is 1.60 bits per heavy atom. The average Bonchev–Trinajstić information content (AvgIpc) is 3.44. The lowest BCUT2D eigenvalue weighted by Crippen LogP contribution is -2.59. The van der Waals surface area contributed by atoms with Gasteiger partial charge in [-0.1, -0.05) is 42.5 Å². The van der Waals surface area contributed by atoms with Crippen molar-refractivity contribution in [1.29, 1.82) is 0 Å². The van der Waals surface area contributed by atoms with Crippen molar-refractivity contribution in [2.45, 2.75) is 78.3 Å². The van der Waals surface area contributed by atoms with E-state index in [9.17, 15) is 19.2 Å². The maximum Gasteiger partial charge on any atom is 0.408 e. The third kappa shape index (κ3) is 11.4. The van der Waals surface area contributed by atoms with Crippen LogP contribution in [-0.4, -0.2) is 70.4 Å². The van der Waals surface area contributed by atoms with Crippen molar-refractivity contribution in [2.24, 2.45) is 0 Å². The summed E-state index contributed by atoms with van der Waals surface area (Å²) in [7, 11) is 0. The standard InChI is InChI=1S/C34H45N5O8/c1-8-45-25-17-15-24(16-18-25)28(30(41)46-9-2)39-19-27(35-22-39)37-29(40)26(21-44-20-23-13-11-10-12-14-23)36-31(42)34(6,7)38-32(43)47-33(3,4)5/h10-19,22,26,28H,8-9,20-21H2,1-7H3,(H,36,42)(H,37,40)(H,38,43). The Morgan fingerprint density at radius 3 is 2.21 bits per heavy atom. The van der Waals surface area contributed by atoms with E-state index in [0.717, 1.165) is 5.56 Å². The number of alkyl carbamates (subject to hydrolysis) is 1. The molecule has 3 aromatic rings. The molecule has 0 fully saturated rings. The molecule has 2 aromatic carbocycles. The molecule has 0 aliphatic carbocycles. The van der Waals surface area contributed by atoms with E-state index in [1.54, 1.807) is 52.0 Å². The molecule has 0 spiro atoms. The van der Waals surface area contributed by atoms with Crippen molar-refractivity contribution in [2.75, 3.05) is 25.1 Å². The Labute approximate surface area is 275 Å². The van der Waals surface area contributed by atoms with Gasteiger partial charge in [0.05, 0.1) is 32.8 Å². The van der Waals surface area contributed by atoms with Crippen LogP contribution in [0, 0.1) is 0 Å². The lowest BCUT2D eigenvalue weighted by atomic mass is 10.0. The first-order valence-electron chi connectivity index (χ1n) is 15.4. The van der Waals surface area contributed by atoms with E-state index in [-0.39, 0.29) is 25.6 Å². The molecule has 0 saturated carbocycles. The zero-order chi connectivity index (χ0) is 34.6. The smallest absolute Gasteiger partial charge is 0.408 e. The summed E-state index contributed by atoms with van der Waals surface area (Å²) in [5.41, 5.74) is -0.705. The Balaban J connectivity index is 1.79. The molecule has 0 aliphatic rings. The van der Waals surface area contributed by atoms with Crippen LogP contribution < -0.4 is 20.7 Å². The van der Waals surface area contributed by atoms with Gasteiger partial charge in [-0.05, 0) is 71.7 Å². The molecule has 1 heterocycles. The summed E-state index contributed by atoms with van der Waals surface area (Å²) in [5.74, 6) is -0.993. The molecule has 1 aromatic heterocycles. The first-order valence-corrected chi connectivity index (χ1v) is 15.4. The van der Waals surface area contributed by atoms with Crippen LogP contribution in [0.25, 0.3) is 0 Å². The number of benzene rings is 2. The average molecular weight is 652 g/mol. The predicted molar refractivity (Wildman–Crippen MR) is 175 cm³/mol. The Kier molecular flexibility index (Phi) is 12.9. The molecular formula is C34H45N5O8. The molecule has 13 nitrogen and oxygen atoms in total. The maximum absolute atomic E-state index is 13.5. The summed E-state index contributed by atoms with van der Waals surface area (Å²) in [5, 5.41) is 7.90. The van der Waals surface area contributed by atoms with E-state index < -0.39 is 47.1 Å². The van der Waals surface area contributed by atoms with Gasteiger partial charge in [0.2, 0.25) is 5.91 Å². The number of anilines is 1. The largest absolute Gasteiger partial charge is 0.494 e. The molecule has 2 atom stereocenters. The Morgan fingerprint density at radius 1 is 0.915 bits per heavy atom. The number of hydrogen-bond donors (Lipinski definition) is 3. The summed E-state index contributed by atoms with van der Waals surface area (Å²) in [6.45, 7) is 12.4. The van der Waals surface area contributed by atoms with Gasteiger partial charge in [-0.2, -0.15) is 0 Å². The van der Waals surface area contributed by atoms with E-state index in [0.29, 0.717) is 17.9 Å². The Hall–Kier alpha value is -4.91. The van der Waals surface area contributed by atoms with Gasteiger partial charge >= 0.3 is 12.1 Å². The minimum atomic E-state index is -1.44. The SMILES string of the molecule is CCOC(=O)C(c1ccc(OCC)cc1)n1cnc(NC(=O)C(COCc2ccccc2)NC(=O)C(C)(C)NC(=O)OC(C)(C)C)c1. The van der Waals surface area contributed by atoms with Crippen molar-refractivity contribution in [1.82, 2.24) is 20.2 Å². The normalized spacial score (nSPS) is 12.7. The number of nitrogens with zero attached hydrogens (tertiary/aromatic N) is 2. The van der Waals surface area contributed by atoms with Gasteiger partial charge < -0.3 is 39.5 Å². The maximum atomic E-state index is 13.5. The number of aromatic nitrogens is 2. The van der Waals surface area contributed by atoms with Crippen LogP contribution in [0.1, 0.15) is 65.6 Å². The first kappa shape index (κ1) is 36.6. The van der Waals surface area contributed by atoms with Crippen LogP contribution in [0.15, 0.2) is 67.1 Å². The molecule has 0 bridgehead atoms. The predicted octanol–water partition coefficient (Wildman–Crippen LogP) is 4.38. The summed E-state index contributed by atoms with van der Waals surface area (Å²) < 4.78 is 23.4. The molecule has 47 heavy (non-hydrogen) atoms. The number of nitrogens with one attached hydrogen (secondary N) is 3. The van der Waals surface area contributed by atoms with Crippen molar-refractivity contribution in [3.8, 4) is 5.75 Å². The molecule has 3 N–H and O–H groups in total. The van der Waals surface area contributed by atoms with E-state index in [2.05, 4.69) is 20.9 Å². The third-order valence-corrected chi connectivity index (χ3v) is 6.57. The highest BCUT2D eigenvalue weighted by Crippen LogP contribution is 2.24. The van der Waals surface area contributed by atoms with Gasteiger partial charge in [-0.15, -0.1) is 0 Å². The highest BCUT2D eigenvalue weighted by atomic mass is 16.6. The number of rotatable bonds is 15. The summed E-state index contributed by atoms with van der Waals surface area (Å²) in [6, 6.07) is 14.3. The lowest BCUT2D eigenvalue weighted by molar-refractivity contribution is -0.145. The van der Waals surface area contributed by atoms with Gasteiger partial charge in [0.25, 0.3) is 5.91 Å². The zero-order valence-electron chi connectivity index (χ0n) is 28.0.